The third-order valence-corrected chi connectivity index (χ3v) is 3.69. The third kappa shape index (κ3) is 2.25. The van der Waals surface area contributed by atoms with E-state index in [2.05, 4.69) is 21.0 Å². The second kappa shape index (κ2) is 4.80. The molecule has 1 aromatic heterocycles. The van der Waals surface area contributed by atoms with Gasteiger partial charge in [0.05, 0.1) is 28.7 Å². The molecule has 0 aliphatic carbocycles. The van der Waals surface area contributed by atoms with Crippen molar-refractivity contribution in [3.05, 3.63) is 44.6 Å². The fraction of sp³-hybridized carbons (Fsp3) is 0.250. The number of hydrogen-bond donors (Lipinski definition) is 1. The monoisotopic (exact) mass is 314 g/mol. The van der Waals surface area contributed by atoms with E-state index in [1.807, 2.05) is 32.0 Å². The maximum atomic E-state index is 9.35. The van der Waals surface area contributed by atoms with Crippen molar-refractivity contribution in [3.8, 4) is 5.69 Å². The van der Waals surface area contributed by atoms with Crippen molar-refractivity contribution >= 4 is 27.5 Å². The van der Waals surface area contributed by atoms with Crippen LogP contribution in [0.1, 0.15) is 17.0 Å². The third-order valence-electron chi connectivity index (χ3n) is 2.65. The lowest BCUT2D eigenvalue weighted by atomic mass is 10.2. The molecule has 1 N–H and O–H groups in total. The van der Waals surface area contributed by atoms with Gasteiger partial charge in [0, 0.05) is 10.0 Å². The average molecular weight is 316 g/mol. The normalized spacial score (nSPS) is 10.9. The minimum atomic E-state index is -0.0292. The molecule has 1 heterocycles. The number of aryl methyl sites for hydroxylation is 1. The van der Waals surface area contributed by atoms with Crippen LogP contribution in [0, 0.1) is 13.8 Å². The van der Waals surface area contributed by atoms with Gasteiger partial charge in [0.2, 0.25) is 0 Å². The number of hydrogen-bond acceptors (Lipinski definition) is 2. The highest BCUT2D eigenvalue weighted by molar-refractivity contribution is 9.10. The number of nitrogens with zero attached hydrogens (tertiary/aromatic N) is 2. The summed E-state index contributed by atoms with van der Waals surface area (Å²) in [6, 6.07) is 5.67. The van der Waals surface area contributed by atoms with Crippen LogP contribution in [0.2, 0.25) is 5.02 Å². The summed E-state index contributed by atoms with van der Waals surface area (Å²) in [4.78, 5) is 0. The summed E-state index contributed by atoms with van der Waals surface area (Å²) in [6.07, 6.45) is 0. The number of benzene rings is 1. The number of aliphatic hydroxyl groups excluding tert-OH is 1. The summed E-state index contributed by atoms with van der Waals surface area (Å²) in [5.41, 5.74) is 3.31. The summed E-state index contributed by atoms with van der Waals surface area (Å²) >= 11 is 9.54. The summed E-state index contributed by atoms with van der Waals surface area (Å²) in [5.74, 6) is 0. The van der Waals surface area contributed by atoms with Gasteiger partial charge < -0.3 is 5.11 Å². The van der Waals surface area contributed by atoms with Crippen LogP contribution in [-0.4, -0.2) is 14.9 Å². The summed E-state index contributed by atoms with van der Waals surface area (Å²) in [6.45, 7) is 3.74. The first kappa shape index (κ1) is 12.6. The quantitative estimate of drug-likeness (QED) is 0.922. The van der Waals surface area contributed by atoms with Crippen molar-refractivity contribution < 1.29 is 5.11 Å². The van der Waals surface area contributed by atoms with E-state index < -0.39 is 0 Å². The molecule has 17 heavy (non-hydrogen) atoms. The Morgan fingerprint density at radius 3 is 2.65 bits per heavy atom. The van der Waals surface area contributed by atoms with E-state index in [1.54, 1.807) is 4.68 Å². The molecule has 0 atom stereocenters. The van der Waals surface area contributed by atoms with Crippen LogP contribution in [-0.2, 0) is 6.61 Å². The number of aromatic nitrogens is 2. The number of rotatable bonds is 2. The lowest BCUT2D eigenvalue weighted by Gasteiger charge is -2.10. The Morgan fingerprint density at radius 2 is 2.12 bits per heavy atom. The molecule has 0 saturated carbocycles. The largest absolute Gasteiger partial charge is 0.392 e. The molecule has 0 aliphatic heterocycles. The SMILES string of the molecule is Cc1nn(-c2cc(Br)ccc2CO)c(C)c1Cl. The standard InChI is InChI=1S/C12H12BrClN2O/c1-7-12(14)8(2)16(15-7)11-5-10(13)4-3-9(11)6-17/h3-5,17H,6H2,1-2H3. The van der Waals surface area contributed by atoms with Crippen molar-refractivity contribution in [1.82, 2.24) is 9.78 Å². The highest BCUT2D eigenvalue weighted by atomic mass is 79.9. The Hall–Kier alpha value is -0.840. The molecule has 1 aromatic carbocycles. The fourth-order valence-electron chi connectivity index (χ4n) is 1.73. The van der Waals surface area contributed by atoms with Crippen molar-refractivity contribution in [2.24, 2.45) is 0 Å². The zero-order chi connectivity index (χ0) is 12.6. The van der Waals surface area contributed by atoms with E-state index in [0.29, 0.717) is 5.02 Å². The topological polar surface area (TPSA) is 38.0 Å². The molecule has 0 radical (unpaired) electrons. The summed E-state index contributed by atoms with van der Waals surface area (Å²) in [7, 11) is 0. The molecule has 0 spiro atoms. The Morgan fingerprint density at radius 1 is 1.41 bits per heavy atom. The van der Waals surface area contributed by atoms with Crippen LogP contribution < -0.4 is 0 Å². The zero-order valence-corrected chi connectivity index (χ0v) is 11.9. The molecule has 2 aromatic rings. The molecule has 0 fully saturated rings. The van der Waals surface area contributed by atoms with Crippen LogP contribution in [0.25, 0.3) is 5.69 Å². The van der Waals surface area contributed by atoms with Crippen molar-refractivity contribution in [1.29, 1.82) is 0 Å². The molecule has 0 saturated heterocycles. The average Bonchev–Trinajstić information content (AvgIpc) is 2.57. The van der Waals surface area contributed by atoms with E-state index in [1.165, 1.54) is 0 Å². The van der Waals surface area contributed by atoms with Crippen LogP contribution in [0.3, 0.4) is 0 Å². The predicted octanol–water partition coefficient (Wildman–Crippen LogP) is 3.40. The van der Waals surface area contributed by atoms with Gasteiger partial charge in [-0.3, -0.25) is 0 Å². The van der Waals surface area contributed by atoms with Crippen molar-refractivity contribution in [2.45, 2.75) is 20.5 Å². The molecular formula is C12H12BrClN2O. The maximum absolute atomic E-state index is 9.35. The Bertz CT molecular complexity index is 566. The van der Waals surface area contributed by atoms with Crippen LogP contribution in [0.15, 0.2) is 22.7 Å². The van der Waals surface area contributed by atoms with E-state index in [-0.39, 0.29) is 6.61 Å². The van der Waals surface area contributed by atoms with Crippen LogP contribution >= 0.6 is 27.5 Å². The van der Waals surface area contributed by atoms with Gasteiger partial charge in [-0.2, -0.15) is 5.10 Å². The molecule has 90 valence electrons. The maximum Gasteiger partial charge on any atom is 0.0848 e. The molecule has 0 bridgehead atoms. The lowest BCUT2D eigenvalue weighted by Crippen LogP contribution is -2.03. The van der Waals surface area contributed by atoms with E-state index in [9.17, 15) is 5.11 Å². The Kier molecular flexibility index (Phi) is 3.56. The van der Waals surface area contributed by atoms with Crippen LogP contribution in [0.4, 0.5) is 0 Å². The van der Waals surface area contributed by atoms with Gasteiger partial charge in [-0.05, 0) is 26.0 Å². The van der Waals surface area contributed by atoms with Gasteiger partial charge >= 0.3 is 0 Å². The van der Waals surface area contributed by atoms with Crippen molar-refractivity contribution in [3.63, 3.8) is 0 Å². The first-order valence-corrected chi connectivity index (χ1v) is 6.33. The van der Waals surface area contributed by atoms with Crippen LogP contribution in [0.5, 0.6) is 0 Å². The minimum Gasteiger partial charge on any atom is -0.392 e. The van der Waals surface area contributed by atoms with Gasteiger partial charge in [-0.15, -0.1) is 0 Å². The Balaban J connectivity index is 2.67. The molecule has 0 unspecified atom stereocenters. The first-order valence-electron chi connectivity index (χ1n) is 5.16. The predicted molar refractivity (Wildman–Crippen MR) is 71.7 cm³/mol. The lowest BCUT2D eigenvalue weighted by molar-refractivity contribution is 0.281. The van der Waals surface area contributed by atoms with Gasteiger partial charge in [0.15, 0.2) is 0 Å². The zero-order valence-electron chi connectivity index (χ0n) is 9.54. The minimum absolute atomic E-state index is 0.0292. The highest BCUT2D eigenvalue weighted by Crippen LogP contribution is 2.26. The molecular weight excluding hydrogens is 304 g/mol. The second-order valence-electron chi connectivity index (χ2n) is 3.83. The number of halogens is 2. The van der Waals surface area contributed by atoms with Crippen molar-refractivity contribution in [2.75, 3.05) is 0 Å². The first-order chi connectivity index (χ1) is 8.04. The summed E-state index contributed by atoms with van der Waals surface area (Å²) in [5, 5.41) is 14.4. The van der Waals surface area contributed by atoms with E-state index in [4.69, 9.17) is 11.6 Å². The molecule has 3 nitrogen and oxygen atoms in total. The summed E-state index contributed by atoms with van der Waals surface area (Å²) < 4.78 is 2.70. The highest BCUT2D eigenvalue weighted by Gasteiger charge is 2.13. The van der Waals surface area contributed by atoms with E-state index >= 15 is 0 Å². The molecule has 0 amide bonds. The van der Waals surface area contributed by atoms with Gasteiger partial charge in [0.25, 0.3) is 0 Å². The van der Waals surface area contributed by atoms with Gasteiger partial charge in [-0.25, -0.2) is 4.68 Å². The number of aliphatic hydroxyl groups is 1. The fourth-order valence-corrected chi connectivity index (χ4v) is 2.19. The Labute approximate surface area is 113 Å². The smallest absolute Gasteiger partial charge is 0.0848 e. The molecule has 0 aliphatic rings. The van der Waals surface area contributed by atoms with Gasteiger partial charge in [0.1, 0.15) is 0 Å². The molecule has 2 rings (SSSR count). The van der Waals surface area contributed by atoms with Gasteiger partial charge in [-0.1, -0.05) is 33.6 Å². The second-order valence-corrected chi connectivity index (χ2v) is 5.12. The molecule has 5 heteroatoms. The van der Waals surface area contributed by atoms with E-state index in [0.717, 1.165) is 27.1 Å².